The molecule has 0 aromatic heterocycles. The Morgan fingerprint density at radius 1 is 0.767 bits per heavy atom. The van der Waals surface area contributed by atoms with Gasteiger partial charge in [-0.25, -0.2) is 8.42 Å². The topological polar surface area (TPSA) is 86.8 Å². The zero-order valence-electron chi connectivity index (χ0n) is 24.5. The molecule has 4 rings (SSSR count). The second-order valence-corrected chi connectivity index (χ2v) is 14.0. The number of para-hydroxylation sites is 1. The van der Waals surface area contributed by atoms with E-state index >= 15 is 0 Å². The fourth-order valence-corrected chi connectivity index (χ4v) is 6.34. The molecule has 0 aliphatic rings. The fraction of sp³-hybridized carbons (Fsp3) is 0.235. The molecule has 0 spiro atoms. The van der Waals surface area contributed by atoms with Crippen molar-refractivity contribution in [2.45, 2.75) is 50.2 Å². The molecule has 0 heterocycles. The molecular formula is C34H36BrN3O4S. The fourth-order valence-electron chi connectivity index (χ4n) is 4.64. The van der Waals surface area contributed by atoms with E-state index in [9.17, 15) is 18.0 Å². The maximum atomic E-state index is 14.4. The minimum atomic E-state index is -4.12. The standard InChI is InChI=1S/C34H36BrN3O4S/c1-34(2,3)36-33(40)31(23-26-13-7-4-8-14-26)37(24-27-19-21-28(35)22-20-27)32(39)25-38(29-15-9-5-10-16-29)43(41,42)30-17-11-6-12-18-30/h4-22,31H,23-25H2,1-3H3,(H,36,40). The number of benzene rings is 4. The SMILES string of the molecule is CC(C)(C)NC(=O)C(Cc1ccccc1)N(Cc1ccc(Br)cc1)C(=O)CN(c1ccccc1)S(=O)(=O)c1ccccc1. The van der Waals surface area contributed by atoms with Gasteiger partial charge in [0.1, 0.15) is 12.6 Å². The highest BCUT2D eigenvalue weighted by Gasteiger charge is 2.35. The summed E-state index contributed by atoms with van der Waals surface area (Å²) < 4.78 is 29.9. The van der Waals surface area contributed by atoms with Gasteiger partial charge in [0.25, 0.3) is 10.0 Å². The van der Waals surface area contributed by atoms with Crippen LogP contribution in [-0.2, 0) is 32.6 Å². The molecule has 0 aliphatic carbocycles. The van der Waals surface area contributed by atoms with Crippen molar-refractivity contribution in [2.75, 3.05) is 10.8 Å². The third kappa shape index (κ3) is 8.78. The van der Waals surface area contributed by atoms with Gasteiger partial charge >= 0.3 is 0 Å². The molecule has 1 N–H and O–H groups in total. The molecular weight excluding hydrogens is 626 g/mol. The Morgan fingerprint density at radius 2 is 1.30 bits per heavy atom. The summed E-state index contributed by atoms with van der Waals surface area (Å²) in [6.45, 7) is 5.26. The van der Waals surface area contributed by atoms with Gasteiger partial charge in [0.2, 0.25) is 11.8 Å². The van der Waals surface area contributed by atoms with E-state index in [4.69, 9.17) is 0 Å². The van der Waals surface area contributed by atoms with E-state index < -0.39 is 34.1 Å². The zero-order valence-corrected chi connectivity index (χ0v) is 26.9. The van der Waals surface area contributed by atoms with E-state index in [2.05, 4.69) is 21.2 Å². The highest BCUT2D eigenvalue weighted by atomic mass is 79.9. The number of hydrogen-bond donors (Lipinski definition) is 1. The Bertz CT molecular complexity index is 1610. The number of amides is 2. The van der Waals surface area contributed by atoms with E-state index in [1.807, 2.05) is 75.4 Å². The number of carbonyl (C=O) groups excluding carboxylic acids is 2. The van der Waals surface area contributed by atoms with Gasteiger partial charge in [0.05, 0.1) is 10.6 Å². The normalized spacial score (nSPS) is 12.3. The summed E-state index contributed by atoms with van der Waals surface area (Å²) in [5, 5.41) is 3.04. The minimum Gasteiger partial charge on any atom is -0.350 e. The van der Waals surface area contributed by atoms with Gasteiger partial charge in [0, 0.05) is 23.0 Å². The molecule has 43 heavy (non-hydrogen) atoms. The molecule has 0 saturated carbocycles. The quantitative estimate of drug-likeness (QED) is 0.207. The van der Waals surface area contributed by atoms with Gasteiger partial charge in [0.15, 0.2) is 0 Å². The summed E-state index contributed by atoms with van der Waals surface area (Å²) in [6, 6.07) is 32.6. The molecule has 1 unspecified atom stereocenters. The number of nitrogens with zero attached hydrogens (tertiary/aromatic N) is 2. The Labute approximate surface area is 262 Å². The maximum absolute atomic E-state index is 14.4. The summed E-state index contributed by atoms with van der Waals surface area (Å²) in [5.74, 6) is -0.824. The summed E-state index contributed by atoms with van der Waals surface area (Å²) in [4.78, 5) is 29.9. The molecule has 2 amide bonds. The predicted octanol–water partition coefficient (Wildman–Crippen LogP) is 6.20. The van der Waals surface area contributed by atoms with E-state index in [1.165, 1.54) is 17.0 Å². The van der Waals surface area contributed by atoms with E-state index in [-0.39, 0.29) is 23.8 Å². The van der Waals surface area contributed by atoms with Crippen LogP contribution in [0.25, 0.3) is 0 Å². The first-order valence-electron chi connectivity index (χ1n) is 14.0. The van der Waals surface area contributed by atoms with Crippen molar-refractivity contribution in [3.05, 3.63) is 131 Å². The van der Waals surface area contributed by atoms with Crippen LogP contribution in [-0.4, -0.2) is 43.3 Å². The lowest BCUT2D eigenvalue weighted by Crippen LogP contribution is -2.56. The summed E-state index contributed by atoms with van der Waals surface area (Å²) in [5.41, 5.74) is 1.48. The van der Waals surface area contributed by atoms with Crippen molar-refractivity contribution >= 4 is 43.5 Å². The molecule has 0 radical (unpaired) electrons. The first kappa shape index (κ1) is 32.0. The molecule has 0 aliphatic heterocycles. The van der Waals surface area contributed by atoms with E-state index in [0.29, 0.717) is 5.69 Å². The van der Waals surface area contributed by atoms with Gasteiger partial charge in [-0.3, -0.25) is 13.9 Å². The average Bonchev–Trinajstić information content (AvgIpc) is 2.99. The van der Waals surface area contributed by atoms with Crippen LogP contribution in [0.4, 0.5) is 5.69 Å². The number of nitrogens with one attached hydrogen (secondary N) is 1. The predicted molar refractivity (Wildman–Crippen MR) is 174 cm³/mol. The number of anilines is 1. The number of rotatable bonds is 11. The maximum Gasteiger partial charge on any atom is 0.264 e. The molecule has 0 bridgehead atoms. The molecule has 0 saturated heterocycles. The number of sulfonamides is 1. The number of carbonyl (C=O) groups is 2. The molecule has 9 heteroatoms. The van der Waals surface area contributed by atoms with Gasteiger partial charge in [-0.2, -0.15) is 0 Å². The van der Waals surface area contributed by atoms with Crippen molar-refractivity contribution < 1.29 is 18.0 Å². The van der Waals surface area contributed by atoms with Crippen molar-refractivity contribution in [1.82, 2.24) is 10.2 Å². The van der Waals surface area contributed by atoms with Crippen LogP contribution < -0.4 is 9.62 Å². The second-order valence-electron chi connectivity index (χ2n) is 11.3. The first-order chi connectivity index (χ1) is 20.4. The number of halogens is 1. The number of hydrogen-bond acceptors (Lipinski definition) is 4. The molecule has 0 fully saturated rings. The molecule has 1 atom stereocenters. The zero-order chi connectivity index (χ0) is 31.0. The monoisotopic (exact) mass is 661 g/mol. The largest absolute Gasteiger partial charge is 0.350 e. The van der Waals surface area contributed by atoms with Crippen molar-refractivity contribution in [1.29, 1.82) is 0 Å². The smallest absolute Gasteiger partial charge is 0.264 e. The minimum absolute atomic E-state index is 0.0671. The molecule has 4 aromatic rings. The highest BCUT2D eigenvalue weighted by Crippen LogP contribution is 2.25. The lowest BCUT2D eigenvalue weighted by Gasteiger charge is -2.35. The summed E-state index contributed by atoms with van der Waals surface area (Å²) in [6.07, 6.45) is 0.252. The van der Waals surface area contributed by atoms with Crippen LogP contribution in [0.3, 0.4) is 0 Å². The molecule has 4 aromatic carbocycles. The molecule has 224 valence electrons. The second kappa shape index (κ2) is 14.0. The van der Waals surface area contributed by atoms with Crippen molar-refractivity contribution in [3.8, 4) is 0 Å². The Morgan fingerprint density at radius 3 is 1.86 bits per heavy atom. The third-order valence-electron chi connectivity index (χ3n) is 6.69. The lowest BCUT2D eigenvalue weighted by atomic mass is 10.0. The summed E-state index contributed by atoms with van der Waals surface area (Å²) >= 11 is 3.45. The van der Waals surface area contributed by atoms with Crippen LogP contribution >= 0.6 is 15.9 Å². The average molecular weight is 663 g/mol. The third-order valence-corrected chi connectivity index (χ3v) is 9.01. The lowest BCUT2D eigenvalue weighted by molar-refractivity contribution is -0.140. The van der Waals surface area contributed by atoms with Gasteiger partial charge < -0.3 is 10.2 Å². The van der Waals surface area contributed by atoms with Crippen LogP contribution in [0.2, 0.25) is 0 Å². The van der Waals surface area contributed by atoms with Crippen LogP contribution in [0.15, 0.2) is 125 Å². The van der Waals surface area contributed by atoms with Crippen molar-refractivity contribution in [3.63, 3.8) is 0 Å². The Hall–Kier alpha value is -3.95. The van der Waals surface area contributed by atoms with Gasteiger partial charge in [-0.1, -0.05) is 94.8 Å². The highest BCUT2D eigenvalue weighted by molar-refractivity contribution is 9.10. The summed E-state index contributed by atoms with van der Waals surface area (Å²) in [7, 11) is -4.12. The van der Waals surface area contributed by atoms with Crippen LogP contribution in [0, 0.1) is 0 Å². The first-order valence-corrected chi connectivity index (χ1v) is 16.2. The van der Waals surface area contributed by atoms with Crippen LogP contribution in [0.1, 0.15) is 31.9 Å². The van der Waals surface area contributed by atoms with E-state index in [0.717, 1.165) is 19.9 Å². The Balaban J connectivity index is 1.79. The van der Waals surface area contributed by atoms with Crippen molar-refractivity contribution in [2.24, 2.45) is 0 Å². The van der Waals surface area contributed by atoms with Crippen LogP contribution in [0.5, 0.6) is 0 Å². The molecule has 7 nitrogen and oxygen atoms in total. The van der Waals surface area contributed by atoms with Gasteiger partial charge in [-0.05, 0) is 68.3 Å². The Kier molecular flexibility index (Phi) is 10.4. The van der Waals surface area contributed by atoms with E-state index in [1.54, 1.807) is 48.5 Å². The van der Waals surface area contributed by atoms with Gasteiger partial charge in [-0.15, -0.1) is 0 Å².